The molecule has 104 valence electrons. The van der Waals surface area contributed by atoms with Crippen molar-refractivity contribution in [3.05, 3.63) is 15.1 Å². The number of rotatable bonds is 4. The van der Waals surface area contributed by atoms with Crippen LogP contribution < -0.4 is 5.32 Å². The Balaban J connectivity index is 1.94. The van der Waals surface area contributed by atoms with Crippen molar-refractivity contribution >= 4 is 28.4 Å². The first-order chi connectivity index (χ1) is 9.19. The van der Waals surface area contributed by atoms with Crippen molar-refractivity contribution in [2.75, 3.05) is 11.9 Å². The molecule has 1 N–H and O–H groups in total. The number of nitrogens with zero attached hydrogens (tertiary/aromatic N) is 2. The van der Waals surface area contributed by atoms with E-state index in [0.29, 0.717) is 12.0 Å². The van der Waals surface area contributed by atoms with E-state index in [4.69, 9.17) is 14.7 Å². The highest BCUT2D eigenvalue weighted by atomic mass is 127. The van der Waals surface area contributed by atoms with Gasteiger partial charge in [0, 0.05) is 12.5 Å². The van der Waals surface area contributed by atoms with Crippen molar-refractivity contribution in [1.29, 1.82) is 0 Å². The van der Waals surface area contributed by atoms with Crippen LogP contribution in [-0.2, 0) is 4.74 Å². The molecule has 1 aromatic rings. The van der Waals surface area contributed by atoms with E-state index < -0.39 is 0 Å². The van der Waals surface area contributed by atoms with Crippen LogP contribution in [0.2, 0.25) is 0 Å². The molecule has 4 nitrogen and oxygen atoms in total. The number of hydrogen-bond acceptors (Lipinski definition) is 4. The predicted molar refractivity (Wildman–Crippen MR) is 83.4 cm³/mol. The topological polar surface area (TPSA) is 47.0 Å². The molecule has 1 aliphatic heterocycles. The Kier molecular flexibility index (Phi) is 3.93. The van der Waals surface area contributed by atoms with E-state index in [1.807, 2.05) is 0 Å². The first-order valence-corrected chi connectivity index (χ1v) is 8.23. The minimum absolute atomic E-state index is 0.0851. The van der Waals surface area contributed by atoms with Crippen LogP contribution in [0.25, 0.3) is 0 Å². The second-order valence-electron chi connectivity index (χ2n) is 5.45. The highest BCUT2D eigenvalue weighted by molar-refractivity contribution is 14.1. The van der Waals surface area contributed by atoms with Crippen LogP contribution in [0.1, 0.15) is 63.1 Å². The predicted octanol–water partition coefficient (Wildman–Crippen LogP) is 3.63. The van der Waals surface area contributed by atoms with Crippen LogP contribution in [-0.4, -0.2) is 22.6 Å². The highest BCUT2D eigenvalue weighted by Gasteiger charge is 2.32. The van der Waals surface area contributed by atoms with E-state index >= 15 is 0 Å². The molecule has 2 atom stereocenters. The molecule has 0 amide bonds. The Labute approximate surface area is 127 Å². The average molecular weight is 373 g/mol. The Hall–Kier alpha value is -0.430. The zero-order valence-electron chi connectivity index (χ0n) is 11.4. The summed E-state index contributed by atoms with van der Waals surface area (Å²) in [5.41, 5.74) is 1.23. The third kappa shape index (κ3) is 2.86. The Morgan fingerprint density at radius 1 is 1.26 bits per heavy atom. The molecule has 2 heterocycles. The smallest absolute Gasteiger partial charge is 0.159 e. The third-order valence-corrected chi connectivity index (χ3v) is 4.79. The summed E-state index contributed by atoms with van der Waals surface area (Å²) in [5, 5.41) is 3.36. The van der Waals surface area contributed by atoms with Gasteiger partial charge in [0.2, 0.25) is 0 Å². The fraction of sp³-hybridized carbons (Fsp3) is 0.714. The molecule has 0 aromatic carbocycles. The lowest BCUT2D eigenvalue weighted by Gasteiger charge is -2.15. The Bertz CT molecular complexity index is 476. The fourth-order valence-corrected chi connectivity index (χ4v) is 3.40. The van der Waals surface area contributed by atoms with Crippen molar-refractivity contribution in [2.24, 2.45) is 0 Å². The molecule has 0 bridgehead atoms. The van der Waals surface area contributed by atoms with Gasteiger partial charge in [0.05, 0.1) is 15.4 Å². The SMILES string of the molecule is CCNc1nc(C2CCC(C)O2)nc(C2CC2)c1I. The number of anilines is 1. The number of hydrogen-bond donors (Lipinski definition) is 1. The second kappa shape index (κ2) is 5.52. The molecule has 0 spiro atoms. The fourth-order valence-electron chi connectivity index (χ4n) is 2.53. The van der Waals surface area contributed by atoms with E-state index in [-0.39, 0.29) is 6.10 Å². The van der Waals surface area contributed by atoms with Gasteiger partial charge in [-0.1, -0.05) is 0 Å². The lowest BCUT2D eigenvalue weighted by Crippen LogP contribution is -2.12. The van der Waals surface area contributed by atoms with Crippen molar-refractivity contribution in [3.63, 3.8) is 0 Å². The number of ether oxygens (including phenoxy) is 1. The highest BCUT2D eigenvalue weighted by Crippen LogP contribution is 2.43. The van der Waals surface area contributed by atoms with Gasteiger partial charge >= 0.3 is 0 Å². The van der Waals surface area contributed by atoms with Crippen LogP contribution >= 0.6 is 22.6 Å². The lowest BCUT2D eigenvalue weighted by atomic mass is 10.2. The van der Waals surface area contributed by atoms with Gasteiger partial charge in [-0.25, -0.2) is 9.97 Å². The Morgan fingerprint density at radius 2 is 2.05 bits per heavy atom. The van der Waals surface area contributed by atoms with E-state index in [9.17, 15) is 0 Å². The monoisotopic (exact) mass is 373 g/mol. The van der Waals surface area contributed by atoms with Crippen molar-refractivity contribution in [3.8, 4) is 0 Å². The Morgan fingerprint density at radius 3 is 2.63 bits per heavy atom. The maximum absolute atomic E-state index is 5.92. The summed E-state index contributed by atoms with van der Waals surface area (Å²) in [7, 11) is 0. The molecule has 5 heteroatoms. The van der Waals surface area contributed by atoms with Crippen LogP contribution in [0, 0.1) is 3.57 Å². The molecule has 0 radical (unpaired) electrons. The summed E-state index contributed by atoms with van der Waals surface area (Å²) < 4.78 is 7.11. The maximum Gasteiger partial charge on any atom is 0.159 e. The lowest BCUT2D eigenvalue weighted by molar-refractivity contribution is 0.0502. The molecule has 1 saturated heterocycles. The van der Waals surface area contributed by atoms with Gasteiger partial charge in [0.15, 0.2) is 5.82 Å². The van der Waals surface area contributed by atoms with E-state index in [0.717, 1.165) is 31.0 Å². The molecular formula is C14H20IN3O. The molecule has 2 aliphatic rings. The van der Waals surface area contributed by atoms with E-state index in [2.05, 4.69) is 41.8 Å². The average Bonchev–Trinajstić information content (AvgIpc) is 3.14. The zero-order chi connectivity index (χ0) is 13.4. The number of nitrogens with one attached hydrogen (secondary N) is 1. The van der Waals surface area contributed by atoms with Crippen LogP contribution in [0.3, 0.4) is 0 Å². The molecule has 1 aliphatic carbocycles. The molecule has 1 aromatic heterocycles. The summed E-state index contributed by atoms with van der Waals surface area (Å²) in [6.45, 7) is 5.11. The summed E-state index contributed by atoms with van der Waals surface area (Å²) in [6.07, 6.45) is 5.09. The first kappa shape index (κ1) is 13.5. The molecule has 2 fully saturated rings. The van der Waals surface area contributed by atoms with E-state index in [1.165, 1.54) is 22.1 Å². The second-order valence-corrected chi connectivity index (χ2v) is 6.53. The zero-order valence-corrected chi connectivity index (χ0v) is 13.6. The molecule has 1 saturated carbocycles. The van der Waals surface area contributed by atoms with Crippen LogP contribution in [0.15, 0.2) is 0 Å². The molecule has 2 unspecified atom stereocenters. The van der Waals surface area contributed by atoms with Gasteiger partial charge < -0.3 is 10.1 Å². The molecule has 3 rings (SSSR count). The number of halogens is 1. The van der Waals surface area contributed by atoms with Crippen molar-refractivity contribution < 1.29 is 4.74 Å². The standard InChI is InChI=1S/C14H20IN3O/c1-3-16-14-11(15)12(9-5-6-9)17-13(18-14)10-7-4-8(2)19-10/h8-10H,3-7H2,1-2H3,(H,16,17,18). The van der Waals surface area contributed by atoms with Crippen LogP contribution in [0.4, 0.5) is 5.82 Å². The summed E-state index contributed by atoms with van der Waals surface area (Å²) in [4.78, 5) is 9.50. The van der Waals surface area contributed by atoms with Gasteiger partial charge in [-0.3, -0.25) is 0 Å². The minimum atomic E-state index is 0.0851. The van der Waals surface area contributed by atoms with Crippen molar-refractivity contribution in [2.45, 2.75) is 57.7 Å². The van der Waals surface area contributed by atoms with Gasteiger partial charge in [0.25, 0.3) is 0 Å². The summed E-state index contributed by atoms with van der Waals surface area (Å²) in [6, 6.07) is 0. The van der Waals surface area contributed by atoms with Crippen LogP contribution in [0.5, 0.6) is 0 Å². The third-order valence-electron chi connectivity index (χ3n) is 3.72. The summed E-state index contributed by atoms with van der Waals surface area (Å²) in [5.74, 6) is 2.51. The van der Waals surface area contributed by atoms with Gasteiger partial charge in [-0.05, 0) is 62.1 Å². The van der Waals surface area contributed by atoms with Crippen molar-refractivity contribution in [1.82, 2.24) is 9.97 Å². The molecular weight excluding hydrogens is 353 g/mol. The number of aromatic nitrogens is 2. The largest absolute Gasteiger partial charge is 0.369 e. The van der Waals surface area contributed by atoms with Gasteiger partial charge in [-0.2, -0.15) is 0 Å². The maximum atomic E-state index is 5.92. The van der Waals surface area contributed by atoms with Gasteiger partial charge in [-0.15, -0.1) is 0 Å². The van der Waals surface area contributed by atoms with Gasteiger partial charge in [0.1, 0.15) is 11.9 Å². The minimum Gasteiger partial charge on any atom is -0.369 e. The van der Waals surface area contributed by atoms with E-state index in [1.54, 1.807) is 0 Å². The first-order valence-electron chi connectivity index (χ1n) is 7.15. The molecule has 19 heavy (non-hydrogen) atoms. The summed E-state index contributed by atoms with van der Waals surface area (Å²) >= 11 is 2.38. The normalized spacial score (nSPS) is 26.7. The quantitative estimate of drug-likeness (QED) is 0.819.